The van der Waals surface area contributed by atoms with E-state index in [1.165, 1.54) is 17.4 Å². The lowest BCUT2D eigenvalue weighted by Crippen LogP contribution is -2.74. The minimum Gasteiger partial charge on any atom is -0.378 e. The first-order valence-corrected chi connectivity index (χ1v) is 9.37. The Morgan fingerprint density at radius 1 is 1.42 bits per heavy atom. The highest BCUT2D eigenvalue weighted by Gasteiger charge is 2.63. The van der Waals surface area contributed by atoms with E-state index in [-0.39, 0.29) is 17.8 Å². The number of nitrogens with one attached hydrogen (secondary N) is 1. The van der Waals surface area contributed by atoms with E-state index in [4.69, 9.17) is 10.5 Å². The Kier molecular flexibility index (Phi) is 5.09. The molecule has 2 aromatic rings. The zero-order valence-electron chi connectivity index (χ0n) is 15.1. The molecule has 0 aliphatic heterocycles. The Morgan fingerprint density at radius 3 is 2.81 bits per heavy atom. The van der Waals surface area contributed by atoms with Crippen molar-refractivity contribution in [2.75, 3.05) is 11.9 Å². The molecular weight excluding hydrogens is 355 g/mol. The van der Waals surface area contributed by atoms with Crippen LogP contribution in [0.2, 0.25) is 0 Å². The van der Waals surface area contributed by atoms with Crippen LogP contribution < -0.4 is 11.1 Å². The number of carbonyl (C=O) groups excluding carboxylic acids is 1. The standard InChI is InChI=1S/C18H23FN4O2S/c1-4-25-13-10-18(20,17(13,2)3)15(24)21-16-23-22-14(26-16)9-11-7-5-6-8-12(11)19/h5-8,13H,4,9-10,20H2,1-3H3,(H,21,23,24). The quantitative estimate of drug-likeness (QED) is 0.807. The first kappa shape index (κ1) is 18.9. The largest absolute Gasteiger partial charge is 0.378 e. The molecular formula is C18H23FN4O2S. The molecule has 1 fully saturated rings. The predicted octanol–water partition coefficient (Wildman–Crippen LogP) is 2.74. The van der Waals surface area contributed by atoms with Crippen LogP contribution in [0.4, 0.5) is 9.52 Å². The lowest BCUT2D eigenvalue weighted by Gasteiger charge is -2.57. The second-order valence-electron chi connectivity index (χ2n) is 7.06. The zero-order valence-corrected chi connectivity index (χ0v) is 15.9. The molecule has 0 bridgehead atoms. The molecule has 140 valence electrons. The zero-order chi connectivity index (χ0) is 18.9. The lowest BCUT2D eigenvalue weighted by molar-refractivity contribution is -0.166. The summed E-state index contributed by atoms with van der Waals surface area (Å²) in [6.45, 7) is 6.37. The Labute approximate surface area is 156 Å². The number of benzene rings is 1. The van der Waals surface area contributed by atoms with Crippen molar-refractivity contribution in [3.63, 3.8) is 0 Å². The number of nitrogens with zero attached hydrogens (tertiary/aromatic N) is 2. The maximum absolute atomic E-state index is 13.7. The number of anilines is 1. The number of hydrogen-bond donors (Lipinski definition) is 2. The summed E-state index contributed by atoms with van der Waals surface area (Å²) in [5, 5.41) is 11.8. The molecule has 6 nitrogen and oxygen atoms in total. The summed E-state index contributed by atoms with van der Waals surface area (Å²) in [4.78, 5) is 12.7. The van der Waals surface area contributed by atoms with Crippen LogP contribution in [0.5, 0.6) is 0 Å². The van der Waals surface area contributed by atoms with Crippen molar-refractivity contribution in [1.29, 1.82) is 0 Å². The summed E-state index contributed by atoms with van der Waals surface area (Å²) in [5.74, 6) is -0.584. The van der Waals surface area contributed by atoms with Crippen molar-refractivity contribution in [3.8, 4) is 0 Å². The van der Waals surface area contributed by atoms with Gasteiger partial charge in [0.15, 0.2) is 0 Å². The Hall–Kier alpha value is -1.90. The topological polar surface area (TPSA) is 90.1 Å². The molecule has 3 N–H and O–H groups in total. The molecule has 26 heavy (non-hydrogen) atoms. The fraction of sp³-hybridized carbons (Fsp3) is 0.500. The average Bonchev–Trinajstić information content (AvgIpc) is 3.03. The second-order valence-corrected chi connectivity index (χ2v) is 8.13. The fourth-order valence-electron chi connectivity index (χ4n) is 3.21. The summed E-state index contributed by atoms with van der Waals surface area (Å²) in [5.41, 5.74) is 5.39. The predicted molar refractivity (Wildman–Crippen MR) is 98.5 cm³/mol. The molecule has 1 heterocycles. The van der Waals surface area contributed by atoms with E-state index in [2.05, 4.69) is 15.5 Å². The van der Waals surface area contributed by atoms with Gasteiger partial charge in [0.05, 0.1) is 6.10 Å². The van der Waals surface area contributed by atoms with Gasteiger partial charge in [0.1, 0.15) is 16.4 Å². The molecule has 8 heteroatoms. The first-order chi connectivity index (χ1) is 12.3. The molecule has 1 aromatic carbocycles. The fourth-order valence-corrected chi connectivity index (χ4v) is 3.97. The molecule has 2 unspecified atom stereocenters. The van der Waals surface area contributed by atoms with Crippen molar-refractivity contribution in [1.82, 2.24) is 10.2 Å². The van der Waals surface area contributed by atoms with Crippen LogP contribution in [0.15, 0.2) is 24.3 Å². The van der Waals surface area contributed by atoms with E-state index >= 15 is 0 Å². The summed E-state index contributed by atoms with van der Waals surface area (Å²) >= 11 is 1.22. The van der Waals surface area contributed by atoms with Gasteiger partial charge < -0.3 is 10.5 Å². The number of halogens is 1. The van der Waals surface area contributed by atoms with Crippen LogP contribution in [0, 0.1) is 11.2 Å². The molecule has 1 aliphatic rings. The van der Waals surface area contributed by atoms with Gasteiger partial charge in [-0.1, -0.05) is 43.4 Å². The maximum atomic E-state index is 13.7. The Bertz CT molecular complexity index is 810. The molecule has 2 atom stereocenters. The normalized spacial score (nSPS) is 24.1. The number of aromatic nitrogens is 2. The Balaban J connectivity index is 1.66. The van der Waals surface area contributed by atoms with Gasteiger partial charge in [-0.3, -0.25) is 10.1 Å². The highest BCUT2D eigenvalue weighted by atomic mass is 32.1. The van der Waals surface area contributed by atoms with Crippen molar-refractivity contribution in [2.24, 2.45) is 11.1 Å². The third-order valence-electron chi connectivity index (χ3n) is 5.22. The van der Waals surface area contributed by atoms with Crippen LogP contribution in [0.25, 0.3) is 0 Å². The van der Waals surface area contributed by atoms with Crippen LogP contribution in [-0.2, 0) is 16.0 Å². The third kappa shape index (κ3) is 3.24. The van der Waals surface area contributed by atoms with Crippen LogP contribution in [-0.4, -0.2) is 34.4 Å². The molecule has 1 saturated carbocycles. The monoisotopic (exact) mass is 378 g/mol. The van der Waals surface area contributed by atoms with Gasteiger partial charge in [0, 0.05) is 24.9 Å². The summed E-state index contributed by atoms with van der Waals surface area (Å²) in [6, 6.07) is 6.52. The van der Waals surface area contributed by atoms with E-state index in [0.29, 0.717) is 35.2 Å². The van der Waals surface area contributed by atoms with Crippen LogP contribution >= 0.6 is 11.3 Å². The maximum Gasteiger partial charge on any atom is 0.247 e. The Morgan fingerprint density at radius 2 is 2.15 bits per heavy atom. The van der Waals surface area contributed by atoms with Gasteiger partial charge >= 0.3 is 0 Å². The van der Waals surface area contributed by atoms with E-state index < -0.39 is 11.0 Å². The summed E-state index contributed by atoms with van der Waals surface area (Å²) < 4.78 is 19.4. The smallest absolute Gasteiger partial charge is 0.247 e. The summed E-state index contributed by atoms with van der Waals surface area (Å²) in [7, 11) is 0. The average molecular weight is 378 g/mol. The number of carbonyl (C=O) groups is 1. The molecule has 0 saturated heterocycles. The molecule has 0 radical (unpaired) electrons. The van der Waals surface area contributed by atoms with Crippen molar-refractivity contribution in [2.45, 2.75) is 45.3 Å². The van der Waals surface area contributed by atoms with Gasteiger partial charge in [0.2, 0.25) is 11.0 Å². The number of hydrogen-bond acceptors (Lipinski definition) is 6. The number of rotatable bonds is 6. The van der Waals surface area contributed by atoms with E-state index in [0.717, 1.165) is 0 Å². The van der Waals surface area contributed by atoms with Crippen molar-refractivity contribution < 1.29 is 13.9 Å². The number of nitrogens with two attached hydrogens (primary N) is 1. The number of ether oxygens (including phenoxy) is 1. The van der Waals surface area contributed by atoms with Crippen LogP contribution in [0.3, 0.4) is 0 Å². The molecule has 3 rings (SSSR count). The summed E-state index contributed by atoms with van der Waals surface area (Å²) in [6.07, 6.45) is 0.737. The van der Waals surface area contributed by atoms with Crippen LogP contribution in [0.1, 0.15) is 37.8 Å². The van der Waals surface area contributed by atoms with Gasteiger partial charge in [-0.2, -0.15) is 0 Å². The van der Waals surface area contributed by atoms with Gasteiger partial charge in [-0.15, -0.1) is 10.2 Å². The third-order valence-corrected chi connectivity index (χ3v) is 6.06. The molecule has 1 aliphatic carbocycles. The van der Waals surface area contributed by atoms with Gasteiger partial charge in [-0.25, -0.2) is 4.39 Å². The van der Waals surface area contributed by atoms with Crippen molar-refractivity contribution >= 4 is 22.4 Å². The molecule has 1 aromatic heterocycles. The van der Waals surface area contributed by atoms with E-state index in [1.807, 2.05) is 20.8 Å². The van der Waals surface area contributed by atoms with E-state index in [1.54, 1.807) is 18.2 Å². The van der Waals surface area contributed by atoms with E-state index in [9.17, 15) is 9.18 Å². The van der Waals surface area contributed by atoms with Crippen molar-refractivity contribution in [3.05, 3.63) is 40.7 Å². The minimum absolute atomic E-state index is 0.0470. The van der Waals surface area contributed by atoms with Gasteiger partial charge in [0.25, 0.3) is 0 Å². The lowest BCUT2D eigenvalue weighted by atomic mass is 9.54. The molecule has 0 spiro atoms. The minimum atomic E-state index is -1.02. The second kappa shape index (κ2) is 7.02. The molecule has 1 amide bonds. The number of amides is 1. The SMILES string of the molecule is CCOC1CC(N)(C(=O)Nc2nnc(Cc3ccccc3F)s2)C1(C)C. The first-order valence-electron chi connectivity index (χ1n) is 8.55. The highest BCUT2D eigenvalue weighted by Crippen LogP contribution is 2.50. The van der Waals surface area contributed by atoms with Gasteiger partial charge in [-0.05, 0) is 18.6 Å². The highest BCUT2D eigenvalue weighted by molar-refractivity contribution is 7.15.